The van der Waals surface area contributed by atoms with Crippen molar-refractivity contribution in [1.29, 1.82) is 0 Å². The minimum absolute atomic E-state index is 0.848. The van der Waals surface area contributed by atoms with Crippen molar-refractivity contribution in [3.63, 3.8) is 0 Å². The van der Waals surface area contributed by atoms with Crippen molar-refractivity contribution in [2.45, 2.75) is 0 Å². The third-order valence-corrected chi connectivity index (χ3v) is 7.10. The monoisotopic (exact) mass is 474 g/mol. The van der Waals surface area contributed by atoms with Gasteiger partial charge in [-0.05, 0) is 34.0 Å². The lowest BCUT2D eigenvalue weighted by Crippen LogP contribution is -2.43. The normalized spacial score (nSPS) is 13.9. The molecule has 6 nitrogen and oxygen atoms in total. The van der Waals surface area contributed by atoms with Gasteiger partial charge in [0.2, 0.25) is 0 Å². The van der Waals surface area contributed by atoms with Crippen LogP contribution in [0.1, 0.15) is 5.56 Å². The van der Waals surface area contributed by atoms with Gasteiger partial charge in [0, 0.05) is 80.7 Å². The van der Waals surface area contributed by atoms with Crippen molar-refractivity contribution in [2.24, 2.45) is 0 Å². The Morgan fingerprint density at radius 2 is 1.61 bits per heavy atom. The number of rotatable bonds is 5. The van der Waals surface area contributed by atoms with Crippen LogP contribution < -0.4 is 10.2 Å². The third-order valence-electron chi connectivity index (χ3n) is 7.10. The third kappa shape index (κ3) is 3.89. The standard InChI is InChI=1S/C30H30N6/c1-21(34(2)3)25-6-4-8-27-26(25)7-5-9-28(27)29-19-33-36-20-23(18-32-30(29)36)22-10-12-24(13-11-22)35-16-14-31-15-17-35/h4-13,18-20,31H,1,14-17H2,2-3H3. The maximum absolute atomic E-state index is 4.85. The van der Waals surface area contributed by atoms with Gasteiger partial charge in [0.05, 0.1) is 6.20 Å². The number of piperazine rings is 1. The molecule has 2 aromatic heterocycles. The first-order chi connectivity index (χ1) is 17.6. The van der Waals surface area contributed by atoms with Gasteiger partial charge in [-0.15, -0.1) is 0 Å². The molecular weight excluding hydrogens is 444 g/mol. The van der Waals surface area contributed by atoms with E-state index in [9.17, 15) is 0 Å². The van der Waals surface area contributed by atoms with Gasteiger partial charge in [0.25, 0.3) is 0 Å². The molecule has 3 aromatic carbocycles. The first-order valence-corrected chi connectivity index (χ1v) is 12.4. The number of hydrogen-bond acceptors (Lipinski definition) is 5. The minimum Gasteiger partial charge on any atom is -0.378 e. The van der Waals surface area contributed by atoms with Crippen LogP contribution in [-0.2, 0) is 0 Å². The molecule has 1 aliphatic heterocycles. The summed E-state index contributed by atoms with van der Waals surface area (Å²) in [6.45, 7) is 8.43. The molecule has 1 aliphatic rings. The summed E-state index contributed by atoms with van der Waals surface area (Å²) in [7, 11) is 4.05. The van der Waals surface area contributed by atoms with Crippen molar-refractivity contribution in [3.05, 3.63) is 91.4 Å². The maximum atomic E-state index is 4.85. The van der Waals surface area contributed by atoms with Crippen LogP contribution in [0.2, 0.25) is 0 Å². The van der Waals surface area contributed by atoms with Crippen LogP contribution in [0, 0.1) is 0 Å². The number of nitrogens with one attached hydrogen (secondary N) is 1. The zero-order valence-electron chi connectivity index (χ0n) is 20.8. The molecule has 0 bridgehead atoms. The highest BCUT2D eigenvalue weighted by Crippen LogP contribution is 2.35. The predicted octanol–water partition coefficient (Wildman–Crippen LogP) is 5.16. The molecule has 0 radical (unpaired) electrons. The molecule has 5 aromatic rings. The van der Waals surface area contributed by atoms with E-state index in [1.807, 2.05) is 31.0 Å². The zero-order valence-corrected chi connectivity index (χ0v) is 20.8. The largest absolute Gasteiger partial charge is 0.378 e. The average molecular weight is 475 g/mol. The van der Waals surface area contributed by atoms with Crippen LogP contribution in [0.15, 0.2) is 85.8 Å². The van der Waals surface area contributed by atoms with Gasteiger partial charge in [0.1, 0.15) is 0 Å². The summed E-state index contributed by atoms with van der Waals surface area (Å²) in [5, 5.41) is 10.4. The van der Waals surface area contributed by atoms with Gasteiger partial charge in [-0.3, -0.25) is 0 Å². The molecule has 6 rings (SSSR count). The van der Waals surface area contributed by atoms with Crippen molar-refractivity contribution >= 4 is 27.8 Å². The van der Waals surface area contributed by atoms with Crippen molar-refractivity contribution in [3.8, 4) is 22.3 Å². The van der Waals surface area contributed by atoms with Gasteiger partial charge < -0.3 is 15.1 Å². The maximum Gasteiger partial charge on any atom is 0.162 e. The van der Waals surface area contributed by atoms with Gasteiger partial charge >= 0.3 is 0 Å². The topological polar surface area (TPSA) is 48.7 Å². The van der Waals surface area contributed by atoms with Crippen molar-refractivity contribution in [2.75, 3.05) is 45.2 Å². The predicted molar refractivity (Wildman–Crippen MR) is 149 cm³/mol. The van der Waals surface area contributed by atoms with E-state index in [2.05, 4.69) is 93.7 Å². The van der Waals surface area contributed by atoms with Crippen LogP contribution in [0.3, 0.4) is 0 Å². The van der Waals surface area contributed by atoms with E-state index in [1.54, 1.807) is 0 Å². The smallest absolute Gasteiger partial charge is 0.162 e. The number of hydrogen-bond donors (Lipinski definition) is 1. The van der Waals surface area contributed by atoms with E-state index in [0.717, 1.165) is 65.3 Å². The Labute approximate surface area is 211 Å². The number of fused-ring (bicyclic) bond motifs is 2. The number of aromatic nitrogens is 3. The van der Waals surface area contributed by atoms with Gasteiger partial charge in [0.15, 0.2) is 5.65 Å². The summed E-state index contributed by atoms with van der Waals surface area (Å²) < 4.78 is 1.89. The highest BCUT2D eigenvalue weighted by atomic mass is 15.2. The molecule has 1 fully saturated rings. The molecule has 6 heteroatoms. The summed E-state index contributed by atoms with van der Waals surface area (Å²) in [4.78, 5) is 9.33. The Bertz CT molecular complexity index is 1560. The molecule has 1 saturated heterocycles. The molecule has 0 aliphatic carbocycles. The Kier molecular flexibility index (Phi) is 5.66. The lowest BCUT2D eigenvalue weighted by Gasteiger charge is -2.29. The first kappa shape index (κ1) is 22.3. The highest BCUT2D eigenvalue weighted by molar-refractivity contribution is 6.03. The fraction of sp³-hybridized carbons (Fsp3) is 0.200. The zero-order chi connectivity index (χ0) is 24.6. The first-order valence-electron chi connectivity index (χ1n) is 12.4. The lowest BCUT2D eigenvalue weighted by atomic mass is 9.95. The average Bonchev–Trinajstić information content (AvgIpc) is 3.35. The van der Waals surface area contributed by atoms with Gasteiger partial charge in [-0.25, -0.2) is 9.50 Å². The highest BCUT2D eigenvalue weighted by Gasteiger charge is 2.15. The van der Waals surface area contributed by atoms with E-state index in [4.69, 9.17) is 4.98 Å². The van der Waals surface area contributed by atoms with E-state index in [1.165, 1.54) is 16.5 Å². The number of benzene rings is 3. The second-order valence-corrected chi connectivity index (χ2v) is 9.50. The Balaban J connectivity index is 1.36. The summed E-state index contributed by atoms with van der Waals surface area (Å²) in [6, 6.07) is 21.5. The molecule has 0 atom stereocenters. The van der Waals surface area contributed by atoms with E-state index in [0.29, 0.717) is 0 Å². The lowest BCUT2D eigenvalue weighted by molar-refractivity contribution is 0.589. The van der Waals surface area contributed by atoms with E-state index < -0.39 is 0 Å². The van der Waals surface area contributed by atoms with Crippen LogP contribution in [-0.4, -0.2) is 59.8 Å². The molecule has 0 unspecified atom stereocenters. The Hall–Kier alpha value is -4.16. The van der Waals surface area contributed by atoms with Crippen LogP contribution in [0.4, 0.5) is 5.69 Å². The summed E-state index contributed by atoms with van der Waals surface area (Å²) in [5.74, 6) is 0. The van der Waals surface area contributed by atoms with Crippen LogP contribution >= 0.6 is 0 Å². The molecule has 180 valence electrons. The molecule has 36 heavy (non-hydrogen) atoms. The Morgan fingerprint density at radius 1 is 0.861 bits per heavy atom. The molecule has 0 saturated carbocycles. The van der Waals surface area contributed by atoms with E-state index in [-0.39, 0.29) is 0 Å². The van der Waals surface area contributed by atoms with Crippen molar-refractivity contribution < 1.29 is 0 Å². The Morgan fingerprint density at radius 3 is 2.39 bits per heavy atom. The fourth-order valence-corrected chi connectivity index (χ4v) is 5.04. The minimum atomic E-state index is 0.848. The number of nitrogens with zero attached hydrogens (tertiary/aromatic N) is 5. The van der Waals surface area contributed by atoms with Crippen molar-refractivity contribution in [1.82, 2.24) is 24.8 Å². The molecule has 0 spiro atoms. The molecule has 1 N–H and O–H groups in total. The van der Waals surface area contributed by atoms with Crippen LogP contribution in [0.5, 0.6) is 0 Å². The van der Waals surface area contributed by atoms with Gasteiger partial charge in [-0.2, -0.15) is 5.10 Å². The van der Waals surface area contributed by atoms with Crippen LogP contribution in [0.25, 0.3) is 44.4 Å². The quantitative estimate of drug-likeness (QED) is 0.381. The summed E-state index contributed by atoms with van der Waals surface area (Å²) in [6.07, 6.45) is 5.93. The molecular formula is C30H30N6. The SMILES string of the molecule is C=C(c1cccc2c(-c3cnn4cc(-c5ccc(N6CCNCC6)cc5)cnc34)cccc12)N(C)C. The number of anilines is 1. The molecule has 3 heterocycles. The molecule has 0 amide bonds. The van der Waals surface area contributed by atoms with Gasteiger partial charge in [-0.1, -0.05) is 55.1 Å². The van der Waals surface area contributed by atoms with E-state index >= 15 is 0 Å². The second-order valence-electron chi connectivity index (χ2n) is 9.50. The fourth-order valence-electron chi connectivity index (χ4n) is 5.04. The summed E-state index contributed by atoms with van der Waals surface area (Å²) in [5.41, 5.74) is 8.57. The second kappa shape index (κ2) is 9.13. The summed E-state index contributed by atoms with van der Waals surface area (Å²) >= 11 is 0.